The minimum atomic E-state index is 0.707. The van der Waals surface area contributed by atoms with E-state index >= 15 is 0 Å². The van der Waals surface area contributed by atoms with E-state index in [0.717, 1.165) is 11.8 Å². The van der Waals surface area contributed by atoms with Crippen LogP contribution in [0.5, 0.6) is 0 Å². The fourth-order valence-electron chi connectivity index (χ4n) is 2.57. The number of rotatable bonds is 0. The van der Waals surface area contributed by atoms with Gasteiger partial charge < -0.3 is 0 Å². The van der Waals surface area contributed by atoms with Crippen LogP contribution in [-0.2, 0) is 0 Å². The molecule has 0 amide bonds. The van der Waals surface area contributed by atoms with Gasteiger partial charge in [-0.25, -0.2) is 0 Å². The molecular formula is C10H17N. The van der Waals surface area contributed by atoms with Gasteiger partial charge in [0.25, 0.3) is 0 Å². The third-order valence-corrected chi connectivity index (χ3v) is 3.45. The smallest absolute Gasteiger partial charge is 0.0533 e. The molecule has 1 aliphatic carbocycles. The van der Waals surface area contributed by atoms with Crippen molar-refractivity contribution in [3.63, 3.8) is 0 Å². The summed E-state index contributed by atoms with van der Waals surface area (Å²) in [6.45, 7) is 4.54. The highest BCUT2D eigenvalue weighted by Gasteiger charge is 2.35. The van der Waals surface area contributed by atoms with Gasteiger partial charge in [-0.15, -0.1) is 0 Å². The van der Waals surface area contributed by atoms with Gasteiger partial charge in [0.15, 0.2) is 0 Å². The summed E-state index contributed by atoms with van der Waals surface area (Å²) >= 11 is 0. The summed E-state index contributed by atoms with van der Waals surface area (Å²) in [6.07, 6.45) is 5.62. The number of aliphatic imine (C=N–C) groups is 1. The number of nitrogens with zero attached hydrogens (tertiary/aromatic N) is 1. The molecule has 1 heterocycles. The maximum absolute atomic E-state index is 4.71. The van der Waals surface area contributed by atoms with Crippen LogP contribution in [0.4, 0.5) is 0 Å². The lowest BCUT2D eigenvalue weighted by molar-refractivity contribution is 0.293. The summed E-state index contributed by atoms with van der Waals surface area (Å²) in [6, 6.07) is 0.707. The van der Waals surface area contributed by atoms with E-state index in [2.05, 4.69) is 13.8 Å². The zero-order valence-corrected chi connectivity index (χ0v) is 7.51. The molecule has 11 heavy (non-hydrogen) atoms. The first-order valence-electron chi connectivity index (χ1n) is 4.83. The van der Waals surface area contributed by atoms with Crippen molar-refractivity contribution in [2.45, 2.75) is 45.6 Å². The van der Waals surface area contributed by atoms with Crippen LogP contribution >= 0.6 is 0 Å². The molecule has 0 spiro atoms. The zero-order valence-electron chi connectivity index (χ0n) is 7.51. The highest BCUT2D eigenvalue weighted by atomic mass is 14.9. The van der Waals surface area contributed by atoms with E-state index in [1.807, 2.05) is 0 Å². The van der Waals surface area contributed by atoms with Crippen molar-refractivity contribution < 1.29 is 0 Å². The first-order chi connectivity index (χ1) is 5.29. The molecule has 2 rings (SSSR count). The van der Waals surface area contributed by atoms with Crippen LogP contribution in [0.3, 0.4) is 0 Å². The van der Waals surface area contributed by atoms with E-state index < -0.39 is 0 Å². The zero-order chi connectivity index (χ0) is 7.84. The molecule has 1 heteroatoms. The summed E-state index contributed by atoms with van der Waals surface area (Å²) in [5.41, 5.74) is 1.40. The van der Waals surface area contributed by atoms with Crippen LogP contribution in [0.15, 0.2) is 4.99 Å². The third-order valence-electron chi connectivity index (χ3n) is 3.45. The van der Waals surface area contributed by atoms with Crippen LogP contribution in [0, 0.1) is 11.8 Å². The Morgan fingerprint density at radius 3 is 2.73 bits per heavy atom. The van der Waals surface area contributed by atoms with Gasteiger partial charge in [0.1, 0.15) is 0 Å². The van der Waals surface area contributed by atoms with E-state index in [-0.39, 0.29) is 0 Å². The van der Waals surface area contributed by atoms with Gasteiger partial charge in [0, 0.05) is 5.71 Å². The molecule has 0 aromatic rings. The largest absolute Gasteiger partial charge is 0.291 e. The SMILES string of the molecule is CC1=NC2CCCCC2C1C. The first-order valence-corrected chi connectivity index (χ1v) is 4.83. The van der Waals surface area contributed by atoms with E-state index in [1.165, 1.54) is 31.4 Å². The molecule has 0 aromatic heterocycles. The van der Waals surface area contributed by atoms with Gasteiger partial charge in [0.05, 0.1) is 6.04 Å². The van der Waals surface area contributed by atoms with E-state index in [4.69, 9.17) is 4.99 Å². The Labute approximate surface area is 68.9 Å². The number of fused-ring (bicyclic) bond motifs is 1. The molecule has 0 aromatic carbocycles. The lowest BCUT2D eigenvalue weighted by Gasteiger charge is -2.26. The molecule has 62 valence electrons. The highest BCUT2D eigenvalue weighted by molar-refractivity contribution is 5.86. The van der Waals surface area contributed by atoms with E-state index in [1.54, 1.807) is 0 Å². The number of hydrogen-bond donors (Lipinski definition) is 0. The van der Waals surface area contributed by atoms with Crippen LogP contribution in [-0.4, -0.2) is 11.8 Å². The van der Waals surface area contributed by atoms with Gasteiger partial charge in [0.2, 0.25) is 0 Å². The quantitative estimate of drug-likeness (QED) is 0.504. The predicted molar refractivity (Wildman–Crippen MR) is 48.0 cm³/mol. The van der Waals surface area contributed by atoms with Crippen molar-refractivity contribution in [3.8, 4) is 0 Å². The van der Waals surface area contributed by atoms with Crippen molar-refractivity contribution in [2.24, 2.45) is 16.8 Å². The second kappa shape index (κ2) is 2.62. The Morgan fingerprint density at radius 1 is 1.27 bits per heavy atom. The molecule has 0 bridgehead atoms. The fraction of sp³-hybridized carbons (Fsp3) is 0.900. The fourth-order valence-corrected chi connectivity index (χ4v) is 2.57. The molecule has 0 N–H and O–H groups in total. The number of hydrogen-bond acceptors (Lipinski definition) is 1. The van der Waals surface area contributed by atoms with Crippen molar-refractivity contribution in [1.29, 1.82) is 0 Å². The monoisotopic (exact) mass is 151 g/mol. The van der Waals surface area contributed by atoms with Gasteiger partial charge in [-0.1, -0.05) is 19.8 Å². The summed E-state index contributed by atoms with van der Waals surface area (Å²) in [4.78, 5) is 4.71. The molecule has 1 aliphatic heterocycles. The molecule has 1 nitrogen and oxygen atoms in total. The molecule has 0 saturated heterocycles. The van der Waals surface area contributed by atoms with E-state index in [0.29, 0.717) is 6.04 Å². The van der Waals surface area contributed by atoms with Gasteiger partial charge >= 0.3 is 0 Å². The molecule has 3 unspecified atom stereocenters. The lowest BCUT2D eigenvalue weighted by atomic mass is 9.79. The average molecular weight is 151 g/mol. The van der Waals surface area contributed by atoms with Crippen molar-refractivity contribution in [2.75, 3.05) is 0 Å². The maximum atomic E-state index is 4.71. The van der Waals surface area contributed by atoms with Gasteiger partial charge in [-0.05, 0) is 31.6 Å². The van der Waals surface area contributed by atoms with Crippen molar-refractivity contribution in [3.05, 3.63) is 0 Å². The lowest BCUT2D eigenvalue weighted by Crippen LogP contribution is -2.24. The maximum Gasteiger partial charge on any atom is 0.0533 e. The average Bonchev–Trinajstić information content (AvgIpc) is 2.30. The van der Waals surface area contributed by atoms with Crippen LogP contribution in [0.2, 0.25) is 0 Å². The standard InChI is InChI=1S/C10H17N/c1-7-8(2)11-10-6-4-3-5-9(7)10/h7,9-10H,3-6H2,1-2H3. The Hall–Kier alpha value is -0.330. The minimum absolute atomic E-state index is 0.707. The van der Waals surface area contributed by atoms with Crippen LogP contribution in [0.1, 0.15) is 39.5 Å². The Morgan fingerprint density at radius 2 is 2.00 bits per heavy atom. The van der Waals surface area contributed by atoms with Crippen LogP contribution in [0.25, 0.3) is 0 Å². The topological polar surface area (TPSA) is 12.4 Å². The molecular weight excluding hydrogens is 134 g/mol. The minimum Gasteiger partial charge on any atom is -0.291 e. The van der Waals surface area contributed by atoms with Crippen molar-refractivity contribution in [1.82, 2.24) is 0 Å². The summed E-state index contributed by atoms with van der Waals surface area (Å²) in [7, 11) is 0. The molecule has 1 fully saturated rings. The van der Waals surface area contributed by atoms with E-state index in [9.17, 15) is 0 Å². The first kappa shape index (κ1) is 7.33. The van der Waals surface area contributed by atoms with Gasteiger partial charge in [-0.3, -0.25) is 4.99 Å². The second-order valence-electron chi connectivity index (χ2n) is 4.07. The Balaban J connectivity index is 2.13. The molecule has 1 saturated carbocycles. The summed E-state index contributed by atoms with van der Waals surface area (Å²) in [5.74, 6) is 1.68. The second-order valence-corrected chi connectivity index (χ2v) is 4.07. The Kier molecular flexibility index (Phi) is 1.74. The third kappa shape index (κ3) is 1.11. The highest BCUT2D eigenvalue weighted by Crippen LogP contribution is 2.37. The molecule has 3 atom stereocenters. The molecule has 2 aliphatic rings. The summed E-state index contributed by atoms with van der Waals surface area (Å²) in [5, 5.41) is 0. The van der Waals surface area contributed by atoms with Crippen LogP contribution < -0.4 is 0 Å². The van der Waals surface area contributed by atoms with Gasteiger partial charge in [-0.2, -0.15) is 0 Å². The molecule has 0 radical (unpaired) electrons. The normalized spacial score (nSPS) is 43.5. The van der Waals surface area contributed by atoms with Crippen molar-refractivity contribution >= 4 is 5.71 Å². The predicted octanol–water partition coefficient (Wildman–Crippen LogP) is 2.66. The Bertz CT molecular complexity index is 183. The summed E-state index contributed by atoms with van der Waals surface area (Å²) < 4.78 is 0.